The van der Waals surface area contributed by atoms with E-state index in [0.717, 1.165) is 47.6 Å². The third-order valence-electron chi connectivity index (χ3n) is 5.33. The molecule has 1 aliphatic rings. The normalized spacial score (nSPS) is 18.9. The van der Waals surface area contributed by atoms with Crippen LogP contribution in [0.25, 0.3) is 0 Å². The lowest BCUT2D eigenvalue weighted by Crippen LogP contribution is -2.38. The van der Waals surface area contributed by atoms with Gasteiger partial charge >= 0.3 is 0 Å². The molecule has 27 heavy (non-hydrogen) atoms. The maximum atomic E-state index is 12.9. The molecule has 2 heterocycles. The molecule has 2 N–H and O–H groups in total. The van der Waals surface area contributed by atoms with E-state index in [-0.39, 0.29) is 22.8 Å². The molecule has 6 heteroatoms. The predicted molar refractivity (Wildman–Crippen MR) is 106 cm³/mol. The summed E-state index contributed by atoms with van der Waals surface area (Å²) >= 11 is 0. The number of aromatic amines is 1. The van der Waals surface area contributed by atoms with Gasteiger partial charge in [-0.2, -0.15) is 5.10 Å². The van der Waals surface area contributed by atoms with Crippen molar-refractivity contribution in [3.8, 4) is 0 Å². The van der Waals surface area contributed by atoms with Crippen LogP contribution in [-0.4, -0.2) is 26.1 Å². The van der Waals surface area contributed by atoms with Crippen LogP contribution in [0.1, 0.15) is 92.8 Å². The van der Waals surface area contributed by atoms with Crippen molar-refractivity contribution in [2.45, 2.75) is 79.2 Å². The number of amides is 1. The van der Waals surface area contributed by atoms with Crippen molar-refractivity contribution in [1.82, 2.24) is 25.5 Å². The molecule has 146 valence electrons. The molecule has 2 aromatic rings. The van der Waals surface area contributed by atoms with E-state index < -0.39 is 0 Å². The second-order valence-corrected chi connectivity index (χ2v) is 9.45. The highest BCUT2D eigenvalue weighted by Gasteiger charge is 2.35. The summed E-state index contributed by atoms with van der Waals surface area (Å²) in [6.07, 6.45) is 4.47. The average molecular weight is 370 g/mol. The van der Waals surface area contributed by atoms with Gasteiger partial charge in [-0.15, -0.1) is 0 Å². The van der Waals surface area contributed by atoms with E-state index in [4.69, 9.17) is 4.98 Å². The summed E-state index contributed by atoms with van der Waals surface area (Å²) in [6.45, 7) is 14.8. The van der Waals surface area contributed by atoms with Crippen LogP contribution in [0.2, 0.25) is 0 Å². The Labute approximate surface area is 161 Å². The molecule has 0 saturated heterocycles. The molecular weight excluding hydrogens is 338 g/mol. The Bertz CT molecular complexity index is 860. The van der Waals surface area contributed by atoms with Gasteiger partial charge in [0.05, 0.1) is 6.04 Å². The summed E-state index contributed by atoms with van der Waals surface area (Å²) in [5.41, 5.74) is 4.43. The van der Waals surface area contributed by atoms with Crippen molar-refractivity contribution in [2.24, 2.45) is 5.41 Å². The molecule has 1 amide bonds. The summed E-state index contributed by atoms with van der Waals surface area (Å²) in [4.78, 5) is 22.3. The molecular formula is C21H31N5O. The summed E-state index contributed by atoms with van der Waals surface area (Å²) < 4.78 is 0. The topological polar surface area (TPSA) is 83.6 Å². The second kappa shape index (κ2) is 6.73. The summed E-state index contributed by atoms with van der Waals surface area (Å²) in [6, 6.07) is -0.105. The first kappa shape index (κ1) is 19.5. The molecule has 0 unspecified atom stereocenters. The number of nitrogens with zero attached hydrogens (tertiary/aromatic N) is 3. The zero-order valence-electron chi connectivity index (χ0n) is 17.5. The molecule has 0 radical (unpaired) electrons. The second-order valence-electron chi connectivity index (χ2n) is 9.45. The first-order chi connectivity index (χ1) is 12.5. The first-order valence-electron chi connectivity index (χ1n) is 9.73. The SMILES string of the molecule is CCc1[nH]nc(C(=O)N[C@H]2CC(C)(C)Cc3nc(C(C)(C)C)ncc32)c1C. The zero-order chi connectivity index (χ0) is 20.0. The number of carbonyl (C=O) groups excluding carboxylic acids is 1. The van der Waals surface area contributed by atoms with Crippen LogP contribution in [-0.2, 0) is 18.3 Å². The molecule has 0 aliphatic heterocycles. The molecule has 0 saturated carbocycles. The summed E-state index contributed by atoms with van der Waals surface area (Å²) in [7, 11) is 0. The lowest BCUT2D eigenvalue weighted by atomic mass is 9.74. The highest BCUT2D eigenvalue weighted by molar-refractivity contribution is 5.94. The maximum Gasteiger partial charge on any atom is 0.272 e. The van der Waals surface area contributed by atoms with Gasteiger partial charge in [0.2, 0.25) is 0 Å². The fourth-order valence-corrected chi connectivity index (χ4v) is 3.76. The van der Waals surface area contributed by atoms with E-state index in [1.165, 1.54) is 0 Å². The van der Waals surface area contributed by atoms with E-state index in [2.05, 4.69) is 55.1 Å². The minimum absolute atomic E-state index is 0.0592. The summed E-state index contributed by atoms with van der Waals surface area (Å²) in [5, 5.41) is 10.4. The van der Waals surface area contributed by atoms with E-state index >= 15 is 0 Å². The molecule has 2 aromatic heterocycles. The third kappa shape index (κ3) is 3.89. The third-order valence-corrected chi connectivity index (χ3v) is 5.33. The first-order valence-corrected chi connectivity index (χ1v) is 9.73. The molecule has 6 nitrogen and oxygen atoms in total. The van der Waals surface area contributed by atoms with Crippen molar-refractivity contribution in [3.63, 3.8) is 0 Å². The van der Waals surface area contributed by atoms with Gasteiger partial charge in [-0.3, -0.25) is 9.89 Å². The van der Waals surface area contributed by atoms with E-state index in [1.807, 2.05) is 20.0 Å². The number of fused-ring (bicyclic) bond motifs is 1. The Morgan fingerprint density at radius 3 is 2.67 bits per heavy atom. The van der Waals surface area contributed by atoms with Crippen LogP contribution in [0.4, 0.5) is 0 Å². The quantitative estimate of drug-likeness (QED) is 0.862. The average Bonchev–Trinajstić information content (AvgIpc) is 2.93. The molecule has 1 atom stereocenters. The zero-order valence-corrected chi connectivity index (χ0v) is 17.5. The number of H-pyrrole nitrogens is 1. The molecule has 3 rings (SSSR count). The number of rotatable bonds is 3. The van der Waals surface area contributed by atoms with E-state index in [1.54, 1.807) is 0 Å². The van der Waals surface area contributed by atoms with E-state index in [0.29, 0.717) is 5.69 Å². The number of hydrogen-bond donors (Lipinski definition) is 2. The van der Waals surface area contributed by atoms with Gasteiger partial charge in [-0.25, -0.2) is 9.97 Å². The van der Waals surface area contributed by atoms with Crippen molar-refractivity contribution in [2.75, 3.05) is 0 Å². The molecule has 0 spiro atoms. The van der Waals surface area contributed by atoms with Gasteiger partial charge < -0.3 is 5.32 Å². The van der Waals surface area contributed by atoms with Crippen LogP contribution < -0.4 is 5.32 Å². The summed E-state index contributed by atoms with van der Waals surface area (Å²) in [5.74, 6) is 0.705. The molecule has 1 aliphatic carbocycles. The van der Waals surface area contributed by atoms with E-state index in [9.17, 15) is 4.79 Å². The van der Waals surface area contributed by atoms with Crippen molar-refractivity contribution in [3.05, 3.63) is 40.2 Å². The van der Waals surface area contributed by atoms with Crippen molar-refractivity contribution in [1.29, 1.82) is 0 Å². The molecule has 0 fully saturated rings. The smallest absolute Gasteiger partial charge is 0.272 e. The fraction of sp³-hybridized carbons (Fsp3) is 0.619. The maximum absolute atomic E-state index is 12.9. The Morgan fingerprint density at radius 2 is 2.07 bits per heavy atom. The van der Waals surface area contributed by atoms with Crippen LogP contribution >= 0.6 is 0 Å². The fourth-order valence-electron chi connectivity index (χ4n) is 3.76. The van der Waals surface area contributed by atoms with Crippen molar-refractivity contribution >= 4 is 5.91 Å². The number of aromatic nitrogens is 4. The lowest BCUT2D eigenvalue weighted by molar-refractivity contribution is 0.0913. The standard InChI is InChI=1S/C21H31N5O/c1-8-14-12(2)17(26-25-14)18(27)23-15-9-21(6,7)10-16-13(15)11-22-19(24-16)20(3,4)5/h11,15H,8-10H2,1-7H3,(H,23,27)(H,25,26)/t15-/m0/s1. The number of carbonyl (C=O) groups is 1. The van der Waals surface area contributed by atoms with Crippen molar-refractivity contribution < 1.29 is 4.79 Å². The Kier molecular flexibility index (Phi) is 4.87. The highest BCUT2D eigenvalue weighted by atomic mass is 16.2. The Hall–Kier alpha value is -2.24. The van der Waals surface area contributed by atoms with Gasteiger partial charge in [0.25, 0.3) is 5.91 Å². The van der Waals surface area contributed by atoms with Crippen LogP contribution in [0.5, 0.6) is 0 Å². The Balaban J connectivity index is 1.92. The lowest BCUT2D eigenvalue weighted by Gasteiger charge is -2.37. The molecule has 0 aromatic carbocycles. The largest absolute Gasteiger partial charge is 0.344 e. The Morgan fingerprint density at radius 1 is 1.37 bits per heavy atom. The highest BCUT2D eigenvalue weighted by Crippen LogP contribution is 2.40. The van der Waals surface area contributed by atoms with Crippen LogP contribution in [0.3, 0.4) is 0 Å². The van der Waals surface area contributed by atoms with Crippen LogP contribution in [0, 0.1) is 12.3 Å². The number of aryl methyl sites for hydroxylation is 1. The van der Waals surface area contributed by atoms with Gasteiger partial charge in [-0.1, -0.05) is 41.5 Å². The van der Waals surface area contributed by atoms with Gasteiger partial charge in [0, 0.05) is 34.1 Å². The van der Waals surface area contributed by atoms with Crippen LogP contribution in [0.15, 0.2) is 6.20 Å². The number of nitrogens with one attached hydrogen (secondary N) is 2. The predicted octanol–water partition coefficient (Wildman–Crippen LogP) is 3.81. The molecule has 0 bridgehead atoms. The minimum atomic E-state index is -0.142. The minimum Gasteiger partial charge on any atom is -0.344 e. The van der Waals surface area contributed by atoms with Gasteiger partial charge in [0.1, 0.15) is 5.82 Å². The monoisotopic (exact) mass is 369 g/mol. The number of hydrogen-bond acceptors (Lipinski definition) is 4. The van der Waals surface area contributed by atoms with Gasteiger partial charge in [-0.05, 0) is 31.6 Å². The van der Waals surface area contributed by atoms with Gasteiger partial charge in [0.15, 0.2) is 5.69 Å².